The van der Waals surface area contributed by atoms with Crippen LogP contribution < -0.4 is 11.5 Å². The van der Waals surface area contributed by atoms with Crippen LogP contribution in [0, 0.1) is 4.91 Å². The molecule has 0 fully saturated rings. The minimum atomic E-state index is -0.565. The van der Waals surface area contributed by atoms with Crippen LogP contribution in [0.2, 0.25) is 0 Å². The van der Waals surface area contributed by atoms with Gasteiger partial charge >= 0.3 is 0 Å². The summed E-state index contributed by atoms with van der Waals surface area (Å²) in [5.74, 6) is -0.308. The van der Waals surface area contributed by atoms with Crippen LogP contribution in [0.5, 0.6) is 0 Å². The number of nitrogens with one attached hydrogen (secondary N) is 1. The van der Waals surface area contributed by atoms with Crippen LogP contribution in [0.25, 0.3) is 11.3 Å². The number of primary amides is 1. The molecule has 1 aromatic heterocycles. The summed E-state index contributed by atoms with van der Waals surface area (Å²) in [4.78, 5) is 26.7. The van der Waals surface area contributed by atoms with Crippen molar-refractivity contribution in [1.82, 2.24) is 4.98 Å². The molecule has 0 spiro atoms. The van der Waals surface area contributed by atoms with E-state index >= 15 is 0 Å². The van der Waals surface area contributed by atoms with E-state index in [-0.39, 0.29) is 11.4 Å². The Balaban J connectivity index is 1.87. The first-order valence-corrected chi connectivity index (χ1v) is 7.88. The second-order valence-electron chi connectivity index (χ2n) is 5.09. The number of nitrogens with zero attached hydrogens (tertiary/aromatic N) is 1. The van der Waals surface area contributed by atoms with E-state index in [2.05, 4.69) is 10.2 Å². The molecule has 7 heteroatoms. The lowest BCUT2D eigenvalue weighted by Gasteiger charge is -2.04. The van der Waals surface area contributed by atoms with E-state index in [0.29, 0.717) is 5.69 Å². The number of aromatic nitrogens is 1. The third-order valence-corrected chi connectivity index (χ3v) is 4.43. The fourth-order valence-electron chi connectivity index (χ4n) is 2.27. The predicted octanol–water partition coefficient (Wildman–Crippen LogP) is 3.91. The molecular formula is C17H14N4O2S. The summed E-state index contributed by atoms with van der Waals surface area (Å²) >= 11 is 1.55. The van der Waals surface area contributed by atoms with Gasteiger partial charge in [-0.05, 0) is 53.2 Å². The Labute approximate surface area is 142 Å². The fraction of sp³-hybridized carbons (Fsp3) is 0. The lowest BCUT2D eigenvalue weighted by Crippen LogP contribution is -2.11. The molecule has 0 aliphatic rings. The number of hydrogen-bond acceptors (Lipinski definition) is 5. The van der Waals surface area contributed by atoms with Crippen LogP contribution >= 0.6 is 11.8 Å². The Kier molecular flexibility index (Phi) is 4.35. The number of rotatable bonds is 5. The molecule has 2 aromatic carbocycles. The molecule has 5 N–H and O–H groups in total. The third kappa shape index (κ3) is 3.31. The SMILES string of the molecule is NC(=O)c1cc(-c2cccc(Sc3ccc(N=O)cc3)c2)[nH]c1N. The number of anilines is 1. The summed E-state index contributed by atoms with van der Waals surface area (Å²) in [6.45, 7) is 0. The van der Waals surface area contributed by atoms with Crippen LogP contribution in [0.4, 0.5) is 11.5 Å². The van der Waals surface area contributed by atoms with Crippen LogP contribution in [0.3, 0.4) is 0 Å². The van der Waals surface area contributed by atoms with E-state index in [1.165, 1.54) is 0 Å². The topological polar surface area (TPSA) is 114 Å². The highest BCUT2D eigenvalue weighted by Gasteiger charge is 2.12. The fourth-order valence-corrected chi connectivity index (χ4v) is 3.15. The van der Waals surface area contributed by atoms with Crippen molar-refractivity contribution in [3.8, 4) is 11.3 Å². The maximum absolute atomic E-state index is 11.3. The Morgan fingerprint density at radius 2 is 1.79 bits per heavy atom. The number of H-pyrrole nitrogens is 1. The number of nitroso groups, excluding NO2 is 1. The first-order chi connectivity index (χ1) is 11.6. The quantitative estimate of drug-likeness (QED) is 0.612. The molecule has 0 saturated heterocycles. The summed E-state index contributed by atoms with van der Waals surface area (Å²) in [6, 6.07) is 16.4. The number of amides is 1. The molecule has 0 aliphatic carbocycles. The molecule has 0 saturated carbocycles. The molecule has 3 aromatic rings. The monoisotopic (exact) mass is 338 g/mol. The van der Waals surface area contributed by atoms with Crippen LogP contribution in [0.15, 0.2) is 69.6 Å². The first kappa shape index (κ1) is 15.8. The number of nitrogens with two attached hydrogens (primary N) is 2. The zero-order valence-corrected chi connectivity index (χ0v) is 13.3. The molecule has 0 unspecified atom stereocenters. The second kappa shape index (κ2) is 6.59. The summed E-state index contributed by atoms with van der Waals surface area (Å²) in [6.07, 6.45) is 0. The number of aromatic amines is 1. The van der Waals surface area contributed by atoms with E-state index < -0.39 is 5.91 Å². The average Bonchev–Trinajstić information content (AvgIpc) is 2.98. The number of hydrogen-bond donors (Lipinski definition) is 3. The minimum absolute atomic E-state index is 0.257. The first-order valence-electron chi connectivity index (χ1n) is 7.07. The van der Waals surface area contributed by atoms with E-state index in [9.17, 15) is 9.70 Å². The van der Waals surface area contributed by atoms with Crippen molar-refractivity contribution in [2.75, 3.05) is 5.73 Å². The molecule has 3 rings (SSSR count). The summed E-state index contributed by atoms with van der Waals surface area (Å²) in [5, 5.41) is 2.88. The van der Waals surface area contributed by atoms with Crippen LogP contribution in [-0.2, 0) is 0 Å². The summed E-state index contributed by atoms with van der Waals surface area (Å²) < 4.78 is 0. The number of carbonyl (C=O) groups is 1. The summed E-state index contributed by atoms with van der Waals surface area (Å²) in [5.41, 5.74) is 13.4. The Morgan fingerprint density at radius 3 is 2.42 bits per heavy atom. The van der Waals surface area contributed by atoms with Gasteiger partial charge in [0.25, 0.3) is 5.91 Å². The number of carbonyl (C=O) groups excluding carboxylic acids is 1. The van der Waals surface area contributed by atoms with Gasteiger partial charge in [0.05, 0.1) is 5.56 Å². The normalized spacial score (nSPS) is 10.5. The van der Waals surface area contributed by atoms with Crippen molar-refractivity contribution >= 4 is 29.2 Å². The van der Waals surface area contributed by atoms with Crippen molar-refractivity contribution in [2.24, 2.45) is 10.9 Å². The van der Waals surface area contributed by atoms with Crippen molar-refractivity contribution < 1.29 is 4.79 Å². The molecule has 0 aliphatic heterocycles. The van der Waals surface area contributed by atoms with E-state index in [0.717, 1.165) is 21.0 Å². The highest BCUT2D eigenvalue weighted by Crippen LogP contribution is 2.32. The van der Waals surface area contributed by atoms with Gasteiger partial charge in [0.2, 0.25) is 0 Å². The molecule has 6 nitrogen and oxygen atoms in total. The lowest BCUT2D eigenvalue weighted by atomic mass is 10.1. The van der Waals surface area contributed by atoms with Gasteiger partial charge in [-0.1, -0.05) is 23.9 Å². The molecule has 1 heterocycles. The largest absolute Gasteiger partial charge is 0.385 e. The standard InChI is InChI=1S/C17H14N4O2S/c18-16-14(17(19)22)9-15(20-16)10-2-1-3-13(8-10)24-12-6-4-11(21-23)5-7-12/h1-9,20H,18H2,(H2,19,22). The number of nitrogen functional groups attached to an aromatic ring is 1. The third-order valence-electron chi connectivity index (χ3n) is 3.44. The minimum Gasteiger partial charge on any atom is -0.385 e. The molecule has 120 valence electrons. The average molecular weight is 338 g/mol. The van der Waals surface area contributed by atoms with Gasteiger partial charge in [0.15, 0.2) is 0 Å². The zero-order valence-electron chi connectivity index (χ0n) is 12.5. The molecule has 24 heavy (non-hydrogen) atoms. The molecule has 0 atom stereocenters. The Hall–Kier alpha value is -3.06. The van der Waals surface area contributed by atoms with Gasteiger partial charge in [-0.2, -0.15) is 0 Å². The van der Waals surface area contributed by atoms with Gasteiger partial charge in [-0.15, -0.1) is 4.91 Å². The smallest absolute Gasteiger partial charge is 0.252 e. The lowest BCUT2D eigenvalue weighted by molar-refractivity contribution is 0.100. The van der Waals surface area contributed by atoms with Crippen molar-refractivity contribution in [3.63, 3.8) is 0 Å². The Bertz CT molecular complexity index is 903. The second-order valence-corrected chi connectivity index (χ2v) is 6.24. The highest BCUT2D eigenvalue weighted by molar-refractivity contribution is 7.99. The summed E-state index contributed by atoms with van der Waals surface area (Å²) in [7, 11) is 0. The van der Waals surface area contributed by atoms with Crippen molar-refractivity contribution in [3.05, 3.63) is 65.1 Å². The van der Waals surface area contributed by atoms with Gasteiger partial charge in [-0.25, -0.2) is 0 Å². The van der Waals surface area contributed by atoms with E-state index in [1.54, 1.807) is 30.0 Å². The molecule has 0 bridgehead atoms. The molecule has 1 amide bonds. The zero-order chi connectivity index (χ0) is 17.1. The van der Waals surface area contributed by atoms with Crippen LogP contribution in [0.1, 0.15) is 10.4 Å². The molecular weight excluding hydrogens is 324 g/mol. The van der Waals surface area contributed by atoms with Crippen molar-refractivity contribution in [1.29, 1.82) is 0 Å². The van der Waals surface area contributed by atoms with Gasteiger partial charge in [-0.3, -0.25) is 4.79 Å². The van der Waals surface area contributed by atoms with Crippen LogP contribution in [-0.4, -0.2) is 10.9 Å². The van der Waals surface area contributed by atoms with Gasteiger partial charge in [0, 0.05) is 15.5 Å². The van der Waals surface area contributed by atoms with Gasteiger partial charge in [0.1, 0.15) is 11.5 Å². The van der Waals surface area contributed by atoms with E-state index in [1.807, 2.05) is 36.4 Å². The maximum atomic E-state index is 11.3. The van der Waals surface area contributed by atoms with Crippen molar-refractivity contribution in [2.45, 2.75) is 9.79 Å². The van der Waals surface area contributed by atoms with Gasteiger partial charge < -0.3 is 16.5 Å². The predicted molar refractivity (Wildman–Crippen MR) is 95.2 cm³/mol. The van der Waals surface area contributed by atoms with E-state index in [4.69, 9.17) is 11.5 Å². The maximum Gasteiger partial charge on any atom is 0.252 e. The molecule has 0 radical (unpaired) electrons. The highest BCUT2D eigenvalue weighted by atomic mass is 32.2. The Morgan fingerprint density at radius 1 is 1.04 bits per heavy atom. The number of benzene rings is 2.